The molecule has 2 atom stereocenters. The van der Waals surface area contributed by atoms with E-state index in [0.29, 0.717) is 18.9 Å². The van der Waals surface area contributed by atoms with Crippen molar-refractivity contribution in [2.45, 2.75) is 45.3 Å². The third-order valence-electron chi connectivity index (χ3n) is 2.86. The number of rotatable bonds is 4. The second-order valence-corrected chi connectivity index (χ2v) is 4.73. The number of hydrogen-bond acceptors (Lipinski definition) is 3. The quantitative estimate of drug-likeness (QED) is 0.728. The number of amides is 1. The first-order chi connectivity index (χ1) is 7.56. The lowest BCUT2D eigenvalue weighted by Crippen LogP contribution is -2.42. The van der Waals surface area contributed by atoms with Gasteiger partial charge in [0.05, 0.1) is 6.07 Å². The van der Waals surface area contributed by atoms with Gasteiger partial charge in [0.2, 0.25) is 0 Å². The topological polar surface area (TPSA) is 53.3 Å². The summed E-state index contributed by atoms with van der Waals surface area (Å²) in [5.41, 5.74) is 0. The van der Waals surface area contributed by atoms with E-state index in [1.807, 2.05) is 0 Å². The summed E-state index contributed by atoms with van der Waals surface area (Å²) in [6.45, 7) is 4.76. The van der Waals surface area contributed by atoms with E-state index < -0.39 is 0 Å². The number of carbonyl (C=O) groups is 1. The maximum absolute atomic E-state index is 12.0. The standard InChI is InChI=1S/C12H20N2O2/c1-9(2)7-10(8-13)14(3)12(15)11-5-4-6-16-11/h9-11H,4-7H2,1-3H3. The molecule has 16 heavy (non-hydrogen) atoms. The van der Waals surface area contributed by atoms with Crippen molar-refractivity contribution in [2.24, 2.45) is 5.92 Å². The molecule has 1 heterocycles. The summed E-state index contributed by atoms with van der Waals surface area (Å²) in [6.07, 6.45) is 2.10. The van der Waals surface area contributed by atoms with Gasteiger partial charge in [0.15, 0.2) is 0 Å². The van der Waals surface area contributed by atoms with E-state index in [1.54, 1.807) is 7.05 Å². The van der Waals surface area contributed by atoms with Crippen molar-refractivity contribution < 1.29 is 9.53 Å². The molecule has 0 saturated carbocycles. The fraction of sp³-hybridized carbons (Fsp3) is 0.833. The van der Waals surface area contributed by atoms with Crippen LogP contribution >= 0.6 is 0 Å². The molecule has 1 amide bonds. The minimum Gasteiger partial charge on any atom is -0.368 e. The van der Waals surface area contributed by atoms with Crippen molar-refractivity contribution in [1.82, 2.24) is 4.90 Å². The van der Waals surface area contributed by atoms with Crippen LogP contribution in [0, 0.1) is 17.2 Å². The highest BCUT2D eigenvalue weighted by molar-refractivity contribution is 5.81. The molecule has 0 spiro atoms. The molecule has 1 rings (SSSR count). The van der Waals surface area contributed by atoms with Gasteiger partial charge in [0.1, 0.15) is 12.1 Å². The van der Waals surface area contributed by atoms with Gasteiger partial charge in [0, 0.05) is 13.7 Å². The van der Waals surface area contributed by atoms with Crippen molar-refractivity contribution >= 4 is 5.91 Å². The molecule has 1 saturated heterocycles. The zero-order valence-electron chi connectivity index (χ0n) is 10.3. The van der Waals surface area contributed by atoms with Gasteiger partial charge in [-0.1, -0.05) is 13.8 Å². The normalized spacial score (nSPS) is 21.8. The first-order valence-electron chi connectivity index (χ1n) is 5.84. The summed E-state index contributed by atoms with van der Waals surface area (Å²) in [5, 5.41) is 9.05. The Labute approximate surface area is 97.2 Å². The zero-order chi connectivity index (χ0) is 12.1. The highest BCUT2D eigenvalue weighted by Crippen LogP contribution is 2.17. The van der Waals surface area contributed by atoms with Gasteiger partial charge in [-0.15, -0.1) is 0 Å². The van der Waals surface area contributed by atoms with Crippen molar-refractivity contribution in [3.8, 4) is 6.07 Å². The fourth-order valence-electron chi connectivity index (χ4n) is 1.90. The second kappa shape index (κ2) is 5.86. The summed E-state index contributed by atoms with van der Waals surface area (Å²) in [6, 6.07) is 1.85. The number of nitriles is 1. The van der Waals surface area contributed by atoms with Crippen molar-refractivity contribution in [3.63, 3.8) is 0 Å². The van der Waals surface area contributed by atoms with Gasteiger partial charge in [-0.25, -0.2) is 0 Å². The molecule has 0 aromatic heterocycles. The maximum Gasteiger partial charge on any atom is 0.252 e. The van der Waals surface area contributed by atoms with Crippen LogP contribution in [0.3, 0.4) is 0 Å². The second-order valence-electron chi connectivity index (χ2n) is 4.73. The Morgan fingerprint density at radius 3 is 2.75 bits per heavy atom. The van der Waals surface area contributed by atoms with Gasteiger partial charge < -0.3 is 9.64 Å². The van der Waals surface area contributed by atoms with E-state index in [1.165, 1.54) is 4.90 Å². The summed E-state index contributed by atoms with van der Waals surface area (Å²) < 4.78 is 5.33. The van der Waals surface area contributed by atoms with Gasteiger partial charge in [-0.05, 0) is 25.2 Å². The Hall–Kier alpha value is -1.08. The van der Waals surface area contributed by atoms with Crippen LogP contribution in [0.4, 0.5) is 0 Å². The minimum atomic E-state index is -0.336. The van der Waals surface area contributed by atoms with E-state index in [4.69, 9.17) is 10.00 Å². The molecule has 0 bridgehead atoms. The fourth-order valence-corrected chi connectivity index (χ4v) is 1.90. The molecular formula is C12H20N2O2. The zero-order valence-corrected chi connectivity index (χ0v) is 10.3. The Morgan fingerprint density at radius 2 is 2.31 bits per heavy atom. The van der Waals surface area contributed by atoms with Gasteiger partial charge in [-0.3, -0.25) is 4.79 Å². The van der Waals surface area contributed by atoms with E-state index >= 15 is 0 Å². The number of carbonyl (C=O) groups excluding carboxylic acids is 1. The summed E-state index contributed by atoms with van der Waals surface area (Å²) in [4.78, 5) is 13.5. The highest BCUT2D eigenvalue weighted by Gasteiger charge is 2.30. The molecule has 2 unspecified atom stereocenters. The van der Waals surface area contributed by atoms with Crippen LogP contribution in [-0.2, 0) is 9.53 Å². The number of likely N-dealkylation sites (N-methyl/N-ethyl adjacent to an activating group) is 1. The van der Waals surface area contributed by atoms with Gasteiger partial charge in [-0.2, -0.15) is 5.26 Å². The van der Waals surface area contributed by atoms with Crippen LogP contribution in [0.1, 0.15) is 33.1 Å². The highest BCUT2D eigenvalue weighted by atomic mass is 16.5. The van der Waals surface area contributed by atoms with Crippen LogP contribution < -0.4 is 0 Å². The van der Waals surface area contributed by atoms with Crippen molar-refractivity contribution in [1.29, 1.82) is 5.26 Å². The van der Waals surface area contributed by atoms with Crippen LogP contribution in [0.2, 0.25) is 0 Å². The monoisotopic (exact) mass is 224 g/mol. The predicted molar refractivity (Wildman–Crippen MR) is 60.6 cm³/mol. The van der Waals surface area contributed by atoms with Crippen LogP contribution in [0.5, 0.6) is 0 Å². The van der Waals surface area contributed by atoms with Crippen LogP contribution in [0.25, 0.3) is 0 Å². The number of hydrogen-bond donors (Lipinski definition) is 0. The minimum absolute atomic E-state index is 0.0512. The summed E-state index contributed by atoms with van der Waals surface area (Å²) in [5.74, 6) is 0.356. The Morgan fingerprint density at radius 1 is 1.62 bits per heavy atom. The lowest BCUT2D eigenvalue weighted by Gasteiger charge is -2.26. The lowest BCUT2D eigenvalue weighted by molar-refractivity contribution is -0.140. The third kappa shape index (κ3) is 3.21. The molecule has 0 aromatic carbocycles. The van der Waals surface area contributed by atoms with Gasteiger partial charge in [0.25, 0.3) is 5.91 Å². The number of nitrogens with zero attached hydrogens (tertiary/aromatic N) is 2. The smallest absolute Gasteiger partial charge is 0.252 e. The first kappa shape index (κ1) is 13.0. The lowest BCUT2D eigenvalue weighted by atomic mass is 10.0. The van der Waals surface area contributed by atoms with Gasteiger partial charge >= 0.3 is 0 Å². The average Bonchev–Trinajstić information content (AvgIpc) is 2.76. The Kier molecular flexibility index (Phi) is 4.75. The molecule has 0 radical (unpaired) electrons. The van der Waals surface area contributed by atoms with E-state index in [9.17, 15) is 4.79 Å². The van der Waals surface area contributed by atoms with Crippen LogP contribution in [-0.4, -0.2) is 36.6 Å². The molecule has 0 N–H and O–H groups in total. The molecule has 1 fully saturated rings. The molecule has 1 aliphatic heterocycles. The average molecular weight is 224 g/mol. The molecule has 4 nitrogen and oxygen atoms in total. The largest absolute Gasteiger partial charge is 0.368 e. The summed E-state index contributed by atoms with van der Waals surface area (Å²) >= 11 is 0. The van der Waals surface area contributed by atoms with Crippen molar-refractivity contribution in [3.05, 3.63) is 0 Å². The van der Waals surface area contributed by atoms with E-state index in [-0.39, 0.29) is 18.1 Å². The predicted octanol–water partition coefficient (Wildman–Crippen LogP) is 1.56. The molecule has 4 heteroatoms. The Balaban J connectivity index is 2.56. The third-order valence-corrected chi connectivity index (χ3v) is 2.86. The van der Waals surface area contributed by atoms with E-state index in [2.05, 4.69) is 19.9 Å². The van der Waals surface area contributed by atoms with E-state index in [0.717, 1.165) is 12.8 Å². The Bertz CT molecular complexity index is 277. The summed E-state index contributed by atoms with van der Waals surface area (Å²) in [7, 11) is 1.69. The maximum atomic E-state index is 12.0. The molecule has 0 aromatic rings. The van der Waals surface area contributed by atoms with Crippen LogP contribution in [0.15, 0.2) is 0 Å². The number of ether oxygens (including phenoxy) is 1. The molecule has 1 aliphatic rings. The SMILES string of the molecule is CC(C)CC(C#N)N(C)C(=O)C1CCCO1. The molecular weight excluding hydrogens is 204 g/mol. The molecule has 90 valence electrons. The van der Waals surface area contributed by atoms with Crippen molar-refractivity contribution in [2.75, 3.05) is 13.7 Å². The first-order valence-corrected chi connectivity index (χ1v) is 5.84. The molecule has 0 aliphatic carbocycles.